The molecule has 0 aliphatic rings. The first-order valence-corrected chi connectivity index (χ1v) is 5.26. The molecule has 1 aromatic heterocycles. The van der Waals surface area contributed by atoms with Gasteiger partial charge in [-0.25, -0.2) is 0 Å². The molecule has 0 saturated carbocycles. The van der Waals surface area contributed by atoms with Gasteiger partial charge >= 0.3 is 0 Å². The number of aliphatic hydroxyl groups is 1. The molecule has 6 nitrogen and oxygen atoms in total. The second-order valence-electron chi connectivity index (χ2n) is 3.58. The molecule has 1 rings (SSSR count). The van der Waals surface area contributed by atoms with Crippen LogP contribution in [-0.4, -0.2) is 42.4 Å². The number of hydrogen-bond donors (Lipinski definition) is 3. The van der Waals surface area contributed by atoms with E-state index in [1.165, 1.54) is 18.3 Å². The van der Waals surface area contributed by atoms with Gasteiger partial charge in [-0.15, -0.1) is 0 Å². The topological polar surface area (TPSA) is 91.4 Å². The van der Waals surface area contributed by atoms with Crippen LogP contribution in [0.4, 0.5) is 0 Å². The fourth-order valence-electron chi connectivity index (χ4n) is 1.32. The van der Waals surface area contributed by atoms with Gasteiger partial charge < -0.3 is 20.1 Å². The molecule has 1 unspecified atom stereocenters. The Morgan fingerprint density at radius 2 is 2.41 bits per heavy atom. The lowest BCUT2D eigenvalue weighted by atomic mass is 10.2. The Kier molecular flexibility index (Phi) is 5.38. The van der Waals surface area contributed by atoms with Crippen LogP contribution in [0.1, 0.15) is 16.8 Å². The number of amides is 1. The molecule has 0 spiro atoms. The van der Waals surface area contributed by atoms with Crippen molar-refractivity contribution in [3.8, 4) is 0 Å². The Bertz CT molecular complexity index is 416. The van der Waals surface area contributed by atoms with Crippen molar-refractivity contribution in [2.75, 3.05) is 20.3 Å². The van der Waals surface area contributed by atoms with Gasteiger partial charge in [0.05, 0.1) is 12.6 Å². The Morgan fingerprint density at radius 1 is 1.65 bits per heavy atom. The summed E-state index contributed by atoms with van der Waals surface area (Å²) >= 11 is 0. The van der Waals surface area contributed by atoms with Crippen molar-refractivity contribution in [2.45, 2.75) is 12.5 Å². The van der Waals surface area contributed by atoms with E-state index in [-0.39, 0.29) is 29.7 Å². The molecule has 1 heterocycles. The van der Waals surface area contributed by atoms with Crippen molar-refractivity contribution in [1.29, 1.82) is 0 Å². The van der Waals surface area contributed by atoms with Crippen LogP contribution in [0.15, 0.2) is 23.1 Å². The molecule has 0 aromatic carbocycles. The maximum Gasteiger partial charge on any atom is 0.251 e. The highest BCUT2D eigenvalue weighted by molar-refractivity contribution is 5.94. The van der Waals surface area contributed by atoms with Gasteiger partial charge in [-0.2, -0.15) is 0 Å². The van der Waals surface area contributed by atoms with Crippen molar-refractivity contribution in [3.05, 3.63) is 34.2 Å². The van der Waals surface area contributed by atoms with E-state index in [4.69, 9.17) is 9.84 Å². The van der Waals surface area contributed by atoms with Crippen LogP contribution in [0.3, 0.4) is 0 Å². The van der Waals surface area contributed by atoms with E-state index >= 15 is 0 Å². The van der Waals surface area contributed by atoms with Gasteiger partial charge in [0.15, 0.2) is 0 Å². The van der Waals surface area contributed by atoms with Crippen molar-refractivity contribution < 1.29 is 14.6 Å². The third-order valence-electron chi connectivity index (χ3n) is 2.26. The minimum Gasteiger partial charge on any atom is -0.394 e. The molecule has 0 aliphatic carbocycles. The van der Waals surface area contributed by atoms with Crippen molar-refractivity contribution in [1.82, 2.24) is 10.3 Å². The van der Waals surface area contributed by atoms with Crippen molar-refractivity contribution in [2.24, 2.45) is 0 Å². The van der Waals surface area contributed by atoms with E-state index in [9.17, 15) is 9.59 Å². The van der Waals surface area contributed by atoms with Crippen LogP contribution in [-0.2, 0) is 4.74 Å². The molecule has 3 N–H and O–H groups in total. The predicted octanol–water partition coefficient (Wildman–Crippen LogP) is -0.498. The van der Waals surface area contributed by atoms with Crippen molar-refractivity contribution in [3.63, 3.8) is 0 Å². The van der Waals surface area contributed by atoms with Crippen LogP contribution in [0, 0.1) is 0 Å². The number of ether oxygens (including phenoxy) is 1. The number of aromatic nitrogens is 1. The molecule has 6 heteroatoms. The zero-order valence-electron chi connectivity index (χ0n) is 9.60. The van der Waals surface area contributed by atoms with Crippen LogP contribution in [0.5, 0.6) is 0 Å². The molecule has 0 aliphatic heterocycles. The van der Waals surface area contributed by atoms with E-state index in [0.717, 1.165) is 0 Å². The number of methoxy groups -OCH3 is 1. The number of H-pyrrole nitrogens is 1. The second-order valence-corrected chi connectivity index (χ2v) is 3.58. The number of nitrogens with one attached hydrogen (secondary N) is 2. The fraction of sp³-hybridized carbons (Fsp3) is 0.455. The first-order chi connectivity index (χ1) is 8.17. The van der Waals surface area contributed by atoms with Crippen molar-refractivity contribution >= 4 is 5.91 Å². The van der Waals surface area contributed by atoms with Gasteiger partial charge in [-0.05, 0) is 12.5 Å². The molecular formula is C11H16N2O4. The number of pyridine rings is 1. The SMILES string of the molecule is COCCC(CO)NC(=O)c1cc[nH]c(=O)c1. The van der Waals surface area contributed by atoms with Gasteiger partial charge in [0.25, 0.3) is 5.91 Å². The van der Waals surface area contributed by atoms with Gasteiger partial charge in [-0.3, -0.25) is 9.59 Å². The predicted molar refractivity (Wildman–Crippen MR) is 61.9 cm³/mol. The molecule has 0 radical (unpaired) electrons. The smallest absolute Gasteiger partial charge is 0.251 e. The second kappa shape index (κ2) is 6.82. The average molecular weight is 240 g/mol. The summed E-state index contributed by atoms with van der Waals surface area (Å²) in [5.74, 6) is -0.383. The number of aliphatic hydroxyl groups excluding tert-OH is 1. The minimum absolute atomic E-state index is 0.168. The zero-order valence-corrected chi connectivity index (χ0v) is 9.60. The summed E-state index contributed by atoms with van der Waals surface area (Å²) in [6.45, 7) is 0.277. The molecule has 0 fully saturated rings. The quantitative estimate of drug-likeness (QED) is 0.625. The van der Waals surface area contributed by atoms with Crippen LogP contribution >= 0.6 is 0 Å². The maximum absolute atomic E-state index is 11.7. The Hall–Kier alpha value is -1.66. The number of rotatable bonds is 6. The molecule has 1 atom stereocenters. The fourth-order valence-corrected chi connectivity index (χ4v) is 1.32. The van der Waals surface area contributed by atoms with Crippen LogP contribution in [0.25, 0.3) is 0 Å². The third kappa shape index (κ3) is 4.38. The lowest BCUT2D eigenvalue weighted by molar-refractivity contribution is 0.0894. The number of carbonyl (C=O) groups is 1. The van der Waals surface area contributed by atoms with E-state index in [1.54, 1.807) is 7.11 Å². The molecule has 1 aromatic rings. The summed E-state index contributed by atoms with van der Waals surface area (Å²) in [6, 6.07) is 2.34. The van der Waals surface area contributed by atoms with Gasteiger partial charge in [-0.1, -0.05) is 0 Å². The molecule has 17 heavy (non-hydrogen) atoms. The van der Waals surface area contributed by atoms with E-state index in [2.05, 4.69) is 10.3 Å². The third-order valence-corrected chi connectivity index (χ3v) is 2.26. The van der Waals surface area contributed by atoms with Gasteiger partial charge in [0, 0.05) is 31.5 Å². The Labute approximate surface area is 98.6 Å². The lowest BCUT2D eigenvalue weighted by Crippen LogP contribution is -2.38. The molecular weight excluding hydrogens is 224 g/mol. The van der Waals surface area contributed by atoms with E-state index < -0.39 is 0 Å². The first kappa shape index (κ1) is 13.4. The van der Waals surface area contributed by atoms with E-state index in [0.29, 0.717) is 13.0 Å². The highest BCUT2D eigenvalue weighted by Gasteiger charge is 2.12. The minimum atomic E-state index is -0.383. The monoisotopic (exact) mass is 240 g/mol. The number of aromatic amines is 1. The summed E-state index contributed by atoms with van der Waals surface area (Å²) in [5.41, 5.74) is -0.0697. The highest BCUT2D eigenvalue weighted by Crippen LogP contribution is 1.97. The standard InChI is InChI=1S/C11H16N2O4/c1-17-5-3-9(7-14)13-11(16)8-2-4-12-10(15)6-8/h2,4,6,9,14H,3,5,7H2,1H3,(H,12,15)(H,13,16). The molecule has 94 valence electrons. The summed E-state index contributed by atoms with van der Waals surface area (Å²) in [5, 5.41) is 11.7. The average Bonchev–Trinajstić information content (AvgIpc) is 2.34. The first-order valence-electron chi connectivity index (χ1n) is 5.26. The van der Waals surface area contributed by atoms with Crippen LogP contribution in [0.2, 0.25) is 0 Å². The normalized spacial score (nSPS) is 12.1. The Morgan fingerprint density at radius 3 is 3.00 bits per heavy atom. The van der Waals surface area contributed by atoms with Gasteiger partial charge in [0.2, 0.25) is 5.56 Å². The molecule has 1 amide bonds. The number of carbonyl (C=O) groups excluding carboxylic acids is 1. The zero-order chi connectivity index (χ0) is 12.7. The summed E-state index contributed by atoms with van der Waals surface area (Å²) in [6.07, 6.45) is 1.92. The van der Waals surface area contributed by atoms with Gasteiger partial charge in [0.1, 0.15) is 0 Å². The molecule has 0 saturated heterocycles. The summed E-state index contributed by atoms with van der Waals surface area (Å²) in [4.78, 5) is 25.2. The summed E-state index contributed by atoms with van der Waals surface area (Å²) < 4.78 is 4.86. The highest BCUT2D eigenvalue weighted by atomic mass is 16.5. The number of hydrogen-bond acceptors (Lipinski definition) is 4. The molecule has 0 bridgehead atoms. The largest absolute Gasteiger partial charge is 0.394 e. The lowest BCUT2D eigenvalue weighted by Gasteiger charge is -2.15. The summed E-state index contributed by atoms with van der Waals surface area (Å²) in [7, 11) is 1.55. The van der Waals surface area contributed by atoms with E-state index in [1.807, 2.05) is 0 Å². The van der Waals surface area contributed by atoms with Crippen LogP contribution < -0.4 is 10.9 Å². The maximum atomic E-state index is 11.7. The Balaban J connectivity index is 2.61.